The molecule has 0 saturated heterocycles. The predicted octanol–water partition coefficient (Wildman–Crippen LogP) is -4.30. The molecule has 0 atom stereocenters. The molecule has 141 valence electrons. The Morgan fingerprint density at radius 2 is 1.22 bits per heavy atom. The molecule has 0 saturated carbocycles. The van der Waals surface area contributed by atoms with E-state index in [2.05, 4.69) is 15.0 Å². The third-order valence-corrected chi connectivity index (χ3v) is 3.51. The summed E-state index contributed by atoms with van der Waals surface area (Å²) < 4.78 is 2.62. The van der Waals surface area contributed by atoms with Crippen LogP contribution in [0.2, 0.25) is 0 Å². The summed E-state index contributed by atoms with van der Waals surface area (Å²) in [4.78, 5) is 33.2. The molecule has 0 aliphatic carbocycles. The Balaban J connectivity index is 0.00000225. The van der Waals surface area contributed by atoms with Crippen LogP contribution in [0.4, 0.5) is 11.6 Å². The minimum atomic E-state index is -0.539. The number of hydrogen-bond acceptors (Lipinski definition) is 7. The van der Waals surface area contributed by atoms with E-state index in [-0.39, 0.29) is 55.0 Å². The monoisotopic (exact) mass is 450 g/mol. The van der Waals surface area contributed by atoms with Crippen LogP contribution in [-0.2, 0) is 32.7 Å². The number of pyridine rings is 1. The molecule has 11 nitrogen and oxygen atoms in total. The van der Waals surface area contributed by atoms with E-state index in [4.69, 9.17) is 0 Å². The molecule has 0 amide bonds. The molecule has 3 rings (SSSR count). The summed E-state index contributed by atoms with van der Waals surface area (Å²) in [6, 6.07) is 4.97. The Hall–Kier alpha value is -2.47. The standard InChI is InChI=1S/C13H11N7O4.2ClH.V/c1-17-10(19(21)22)6-14-12(17)8-4-3-5-9(16-8)13-15-7-11(18(13)2)20(23)24;;;/h3-7H,1-2H3;2*1H;/q;;;+2/p-2. The van der Waals surface area contributed by atoms with Crippen molar-refractivity contribution in [2.45, 2.75) is 0 Å². The minimum absolute atomic E-state index is 0. The zero-order chi connectivity index (χ0) is 17.4. The van der Waals surface area contributed by atoms with Gasteiger partial charge in [-0.2, -0.15) is 0 Å². The first kappa shape index (κ1) is 24.5. The van der Waals surface area contributed by atoms with Crippen molar-refractivity contribution in [1.29, 1.82) is 0 Å². The van der Waals surface area contributed by atoms with Gasteiger partial charge in [0.15, 0.2) is 0 Å². The maximum Gasteiger partial charge on any atom is 2.00 e. The van der Waals surface area contributed by atoms with Crippen LogP contribution < -0.4 is 24.8 Å². The van der Waals surface area contributed by atoms with Gasteiger partial charge in [0, 0.05) is 0 Å². The number of aromatic nitrogens is 5. The van der Waals surface area contributed by atoms with E-state index in [1.807, 2.05) is 0 Å². The maximum absolute atomic E-state index is 10.9. The van der Waals surface area contributed by atoms with Crippen molar-refractivity contribution in [3.63, 3.8) is 0 Å². The molecule has 1 radical (unpaired) electrons. The van der Waals surface area contributed by atoms with Gasteiger partial charge in [0.25, 0.3) is 0 Å². The van der Waals surface area contributed by atoms with Crippen molar-refractivity contribution < 1.29 is 53.2 Å². The second-order valence-electron chi connectivity index (χ2n) is 4.92. The van der Waals surface area contributed by atoms with Crippen molar-refractivity contribution in [2.75, 3.05) is 0 Å². The summed E-state index contributed by atoms with van der Waals surface area (Å²) in [5.41, 5.74) is 0.794. The molecule has 0 unspecified atom stereocenters. The summed E-state index contributed by atoms with van der Waals surface area (Å²) in [7, 11) is 3.03. The van der Waals surface area contributed by atoms with E-state index < -0.39 is 9.85 Å². The number of imidazole rings is 2. The van der Waals surface area contributed by atoms with Crippen molar-refractivity contribution in [2.24, 2.45) is 14.1 Å². The fraction of sp³-hybridized carbons (Fsp3) is 0.154. The molecule has 0 bridgehead atoms. The topological polar surface area (TPSA) is 135 Å². The summed E-state index contributed by atoms with van der Waals surface area (Å²) >= 11 is 0. The molecule has 0 fully saturated rings. The first-order valence-electron chi connectivity index (χ1n) is 6.70. The zero-order valence-electron chi connectivity index (χ0n) is 13.9. The van der Waals surface area contributed by atoms with Crippen LogP contribution in [0.25, 0.3) is 23.0 Å². The third kappa shape index (κ3) is 4.45. The first-order chi connectivity index (χ1) is 11.4. The van der Waals surface area contributed by atoms with Crippen molar-refractivity contribution in [1.82, 2.24) is 24.1 Å². The summed E-state index contributed by atoms with van der Waals surface area (Å²) in [5, 5.41) is 21.8. The van der Waals surface area contributed by atoms with E-state index >= 15 is 0 Å². The Labute approximate surface area is 176 Å². The Morgan fingerprint density at radius 3 is 1.52 bits per heavy atom. The van der Waals surface area contributed by atoms with Crippen molar-refractivity contribution in [3.8, 4) is 23.0 Å². The Bertz CT molecular complexity index is 902. The molecule has 0 N–H and O–H groups in total. The van der Waals surface area contributed by atoms with Gasteiger partial charge in [0.05, 0.1) is 14.1 Å². The second kappa shape index (κ2) is 9.46. The van der Waals surface area contributed by atoms with Gasteiger partial charge in [0.1, 0.15) is 23.8 Å². The third-order valence-electron chi connectivity index (χ3n) is 3.51. The average Bonchev–Trinajstić information content (AvgIpc) is 3.10. The van der Waals surface area contributed by atoms with E-state index in [9.17, 15) is 20.2 Å². The molecule has 0 aliphatic heterocycles. The van der Waals surface area contributed by atoms with E-state index in [1.54, 1.807) is 18.2 Å². The fourth-order valence-electron chi connectivity index (χ4n) is 2.30. The average molecular weight is 451 g/mol. The predicted molar refractivity (Wildman–Crippen MR) is 81.9 cm³/mol. The van der Waals surface area contributed by atoms with E-state index in [0.29, 0.717) is 23.0 Å². The second-order valence-corrected chi connectivity index (χ2v) is 4.92. The minimum Gasteiger partial charge on any atom is -1.00 e. The smallest absolute Gasteiger partial charge is 1.00 e. The number of halogens is 2. The fourth-order valence-corrected chi connectivity index (χ4v) is 2.30. The molecular formula is C13H11Cl2N7O4V. The van der Waals surface area contributed by atoms with Gasteiger partial charge in [-0.3, -0.25) is 0 Å². The summed E-state index contributed by atoms with van der Waals surface area (Å²) in [6.45, 7) is 0. The van der Waals surface area contributed by atoms with Crippen molar-refractivity contribution >= 4 is 11.6 Å². The van der Waals surface area contributed by atoms with Gasteiger partial charge < -0.3 is 45.0 Å². The Morgan fingerprint density at radius 1 is 0.852 bits per heavy atom. The summed E-state index contributed by atoms with van der Waals surface area (Å²) in [6.07, 6.45) is 2.30. The Kier molecular flexibility index (Phi) is 8.60. The van der Waals surface area contributed by atoms with Crippen LogP contribution in [0.5, 0.6) is 0 Å². The quantitative estimate of drug-likeness (QED) is 0.290. The molecule has 3 aromatic heterocycles. The van der Waals surface area contributed by atoms with Crippen molar-refractivity contribution in [3.05, 3.63) is 50.8 Å². The van der Waals surface area contributed by atoms with Crippen LogP contribution >= 0.6 is 0 Å². The normalized spacial score (nSPS) is 9.56. The molecule has 3 heterocycles. The first-order valence-corrected chi connectivity index (χ1v) is 6.70. The number of nitro groups is 2. The molecule has 0 spiro atoms. The molecule has 3 aromatic rings. The van der Waals surface area contributed by atoms with Crippen LogP contribution in [-0.4, -0.2) is 33.9 Å². The maximum atomic E-state index is 10.9. The largest absolute Gasteiger partial charge is 2.00 e. The molecule has 14 heteroatoms. The van der Waals surface area contributed by atoms with Crippen LogP contribution in [0.3, 0.4) is 0 Å². The van der Waals surface area contributed by atoms with E-state index in [0.717, 1.165) is 12.4 Å². The van der Waals surface area contributed by atoms with Gasteiger partial charge in [0.2, 0.25) is 11.6 Å². The molecule has 27 heavy (non-hydrogen) atoms. The van der Waals surface area contributed by atoms with Gasteiger partial charge in [-0.15, -0.1) is 0 Å². The molecule has 0 aromatic carbocycles. The zero-order valence-corrected chi connectivity index (χ0v) is 16.8. The van der Waals surface area contributed by atoms with Crippen LogP contribution in [0, 0.1) is 20.2 Å². The van der Waals surface area contributed by atoms with Crippen LogP contribution in [0.1, 0.15) is 0 Å². The SMILES string of the molecule is Cn1c([N+](=O)[O-])cnc1-c1cccc(-c2ncc([N+](=O)[O-])n2C)n1.[Cl-].[Cl-].[V+2]. The van der Waals surface area contributed by atoms with Gasteiger partial charge in [-0.1, -0.05) is 6.07 Å². The molecular weight excluding hydrogens is 440 g/mol. The van der Waals surface area contributed by atoms with Gasteiger partial charge in [-0.05, 0) is 22.0 Å². The number of rotatable bonds is 4. The van der Waals surface area contributed by atoms with Gasteiger partial charge in [-0.25, -0.2) is 24.1 Å². The van der Waals surface area contributed by atoms with Gasteiger partial charge >= 0.3 is 30.2 Å². The number of nitrogens with zero attached hydrogens (tertiary/aromatic N) is 7. The summed E-state index contributed by atoms with van der Waals surface area (Å²) in [5.74, 6) is 0.300. The molecule has 0 aliphatic rings. The van der Waals surface area contributed by atoms with Crippen LogP contribution in [0.15, 0.2) is 30.6 Å². The number of hydrogen-bond donors (Lipinski definition) is 0. The van der Waals surface area contributed by atoms with E-state index in [1.165, 1.54) is 23.2 Å².